The zero-order chi connectivity index (χ0) is 19.6. The summed E-state index contributed by atoms with van der Waals surface area (Å²) in [4.78, 5) is 1.70. The Balaban J connectivity index is 1.89. The Labute approximate surface area is 159 Å². The van der Waals surface area contributed by atoms with Gasteiger partial charge in [-0.3, -0.25) is 0 Å². The van der Waals surface area contributed by atoms with Gasteiger partial charge in [-0.25, -0.2) is 0 Å². The lowest BCUT2D eigenvalue weighted by atomic mass is 10.1. The number of aliphatic hydroxyl groups is 1. The first-order valence-electron chi connectivity index (χ1n) is 8.18. The van der Waals surface area contributed by atoms with Gasteiger partial charge >= 0.3 is 6.18 Å². The first kappa shape index (κ1) is 19.3. The molecule has 2 aromatic carbocycles. The highest BCUT2D eigenvalue weighted by Gasteiger charge is 2.34. The van der Waals surface area contributed by atoms with Gasteiger partial charge in [-0.2, -0.15) is 13.2 Å². The summed E-state index contributed by atoms with van der Waals surface area (Å²) in [5.74, 6) is 0.0736. The summed E-state index contributed by atoms with van der Waals surface area (Å²) < 4.78 is 44.8. The Morgan fingerprint density at radius 2 is 1.89 bits per heavy atom. The predicted molar refractivity (Wildman–Crippen MR) is 97.0 cm³/mol. The fraction of sp³-hybridized carbons (Fsp3) is 0.200. The summed E-state index contributed by atoms with van der Waals surface area (Å²) in [5, 5.41) is 9.34. The molecule has 1 N–H and O–H groups in total. The van der Waals surface area contributed by atoms with Crippen molar-refractivity contribution in [1.82, 2.24) is 4.90 Å². The van der Waals surface area contributed by atoms with Crippen molar-refractivity contribution >= 4 is 11.6 Å². The van der Waals surface area contributed by atoms with Crippen LogP contribution in [0, 0.1) is 6.92 Å². The SMILES string of the molecule is Cc1ccccc1CN1C=CC(O)C=C1Oc1cccc(C(F)(F)F)c1Cl. The molecule has 0 aliphatic carbocycles. The third kappa shape index (κ3) is 4.46. The van der Waals surface area contributed by atoms with E-state index in [1.54, 1.807) is 17.2 Å². The van der Waals surface area contributed by atoms with Gasteiger partial charge in [-0.1, -0.05) is 41.9 Å². The van der Waals surface area contributed by atoms with Crippen LogP contribution in [-0.2, 0) is 12.7 Å². The molecule has 0 fully saturated rings. The smallest absolute Gasteiger partial charge is 0.417 e. The molecule has 27 heavy (non-hydrogen) atoms. The monoisotopic (exact) mass is 395 g/mol. The second-order valence-corrected chi connectivity index (χ2v) is 6.49. The quantitative estimate of drug-likeness (QED) is 0.764. The molecule has 0 radical (unpaired) electrons. The molecule has 1 atom stereocenters. The topological polar surface area (TPSA) is 32.7 Å². The minimum atomic E-state index is -4.59. The van der Waals surface area contributed by atoms with Crippen molar-refractivity contribution in [3.63, 3.8) is 0 Å². The maximum Gasteiger partial charge on any atom is 0.417 e. The number of benzene rings is 2. The van der Waals surface area contributed by atoms with E-state index in [0.29, 0.717) is 6.54 Å². The summed E-state index contributed by atoms with van der Waals surface area (Å²) in [6.07, 6.45) is -0.892. The van der Waals surface area contributed by atoms with Crippen molar-refractivity contribution in [2.75, 3.05) is 0 Å². The largest absolute Gasteiger partial charge is 0.439 e. The van der Waals surface area contributed by atoms with Crippen LogP contribution < -0.4 is 4.74 Å². The number of nitrogens with zero attached hydrogens (tertiary/aromatic N) is 1. The molecular weight excluding hydrogens is 379 g/mol. The van der Waals surface area contributed by atoms with Crippen LogP contribution in [0.2, 0.25) is 5.02 Å². The highest BCUT2D eigenvalue weighted by atomic mass is 35.5. The molecular formula is C20H17ClF3NO2. The molecule has 1 aliphatic heterocycles. The van der Waals surface area contributed by atoms with Gasteiger partial charge in [-0.15, -0.1) is 0 Å². The summed E-state index contributed by atoms with van der Waals surface area (Å²) in [6, 6.07) is 11.2. The minimum absolute atomic E-state index is 0.130. The predicted octanol–water partition coefficient (Wildman–Crippen LogP) is 5.28. The molecule has 0 aromatic heterocycles. The number of halogens is 4. The first-order chi connectivity index (χ1) is 12.8. The van der Waals surface area contributed by atoms with E-state index in [-0.39, 0.29) is 11.6 Å². The molecule has 7 heteroatoms. The molecule has 0 saturated carbocycles. The Kier molecular flexibility index (Phi) is 5.48. The molecule has 3 rings (SSSR count). The van der Waals surface area contributed by atoms with Crippen LogP contribution in [0.4, 0.5) is 13.2 Å². The number of rotatable bonds is 4. The maximum atomic E-state index is 13.1. The summed E-state index contributed by atoms with van der Waals surface area (Å²) in [6.45, 7) is 2.39. The van der Waals surface area contributed by atoms with Crippen molar-refractivity contribution < 1.29 is 23.0 Å². The normalized spacial score (nSPS) is 17.0. The van der Waals surface area contributed by atoms with Gasteiger partial charge in [-0.05, 0) is 36.3 Å². The molecule has 2 aromatic rings. The van der Waals surface area contributed by atoms with E-state index in [2.05, 4.69) is 0 Å². The molecule has 3 nitrogen and oxygen atoms in total. The molecule has 1 heterocycles. The van der Waals surface area contributed by atoms with Crippen molar-refractivity contribution in [3.8, 4) is 5.75 Å². The molecule has 0 bridgehead atoms. The van der Waals surface area contributed by atoms with Crippen molar-refractivity contribution in [3.05, 3.63) is 88.4 Å². The number of hydrogen-bond donors (Lipinski definition) is 1. The average molecular weight is 396 g/mol. The van der Waals surface area contributed by atoms with Crippen molar-refractivity contribution in [2.24, 2.45) is 0 Å². The van der Waals surface area contributed by atoms with E-state index in [0.717, 1.165) is 17.2 Å². The van der Waals surface area contributed by atoms with Crippen LogP contribution in [-0.4, -0.2) is 16.1 Å². The lowest BCUT2D eigenvalue weighted by molar-refractivity contribution is -0.137. The fourth-order valence-corrected chi connectivity index (χ4v) is 2.95. The molecule has 0 amide bonds. The molecule has 1 unspecified atom stereocenters. The third-order valence-corrected chi connectivity index (χ3v) is 4.53. The van der Waals surface area contributed by atoms with E-state index < -0.39 is 22.9 Å². The molecule has 142 valence electrons. The van der Waals surface area contributed by atoms with Gasteiger partial charge in [0.15, 0.2) is 5.88 Å². The second kappa shape index (κ2) is 7.66. The van der Waals surface area contributed by atoms with Crippen molar-refractivity contribution in [1.29, 1.82) is 0 Å². The lowest BCUT2D eigenvalue weighted by Gasteiger charge is -2.28. The lowest BCUT2D eigenvalue weighted by Crippen LogP contribution is -2.26. The molecule has 0 saturated heterocycles. The van der Waals surface area contributed by atoms with E-state index in [4.69, 9.17) is 16.3 Å². The molecule has 0 spiro atoms. The van der Waals surface area contributed by atoms with Crippen molar-refractivity contribution in [2.45, 2.75) is 25.7 Å². The molecule has 1 aliphatic rings. The Bertz CT molecular complexity index is 893. The third-order valence-electron chi connectivity index (χ3n) is 4.14. The van der Waals surface area contributed by atoms with Crippen LogP contribution in [0.15, 0.2) is 66.7 Å². The van der Waals surface area contributed by atoms with E-state index >= 15 is 0 Å². The first-order valence-corrected chi connectivity index (χ1v) is 8.56. The van der Waals surface area contributed by atoms with E-state index in [9.17, 15) is 18.3 Å². The fourth-order valence-electron chi connectivity index (χ4n) is 2.68. The van der Waals surface area contributed by atoms with Gasteiger partial charge < -0.3 is 14.7 Å². The Morgan fingerprint density at radius 3 is 2.59 bits per heavy atom. The minimum Gasteiger partial charge on any atom is -0.439 e. The number of alkyl halides is 3. The Hall–Kier alpha value is -2.44. The standard InChI is InChI=1S/C20H17ClF3NO2/c1-13-5-2-3-6-14(13)12-25-10-9-15(26)11-18(25)27-17-8-4-7-16(19(17)21)20(22,23)24/h2-11,15,26H,12H2,1H3. The van der Waals surface area contributed by atoms with E-state index in [1.165, 1.54) is 18.2 Å². The van der Waals surface area contributed by atoms with Gasteiger partial charge in [0, 0.05) is 12.3 Å². The van der Waals surface area contributed by atoms with Crippen LogP contribution in [0.5, 0.6) is 5.75 Å². The number of hydrogen-bond acceptors (Lipinski definition) is 3. The zero-order valence-electron chi connectivity index (χ0n) is 14.4. The highest BCUT2D eigenvalue weighted by Crippen LogP contribution is 2.40. The number of aryl methyl sites for hydroxylation is 1. The van der Waals surface area contributed by atoms with Crippen LogP contribution >= 0.6 is 11.6 Å². The number of aliphatic hydroxyl groups excluding tert-OH is 1. The summed E-state index contributed by atoms with van der Waals surface area (Å²) >= 11 is 5.91. The highest BCUT2D eigenvalue weighted by molar-refractivity contribution is 6.32. The second-order valence-electron chi connectivity index (χ2n) is 6.11. The zero-order valence-corrected chi connectivity index (χ0v) is 15.1. The van der Waals surface area contributed by atoms with Gasteiger partial charge in [0.25, 0.3) is 0 Å². The van der Waals surface area contributed by atoms with Gasteiger partial charge in [0.05, 0.1) is 23.2 Å². The maximum absolute atomic E-state index is 13.1. The summed E-state index contributed by atoms with van der Waals surface area (Å²) in [7, 11) is 0. The number of ether oxygens (including phenoxy) is 1. The van der Waals surface area contributed by atoms with Crippen LogP contribution in [0.3, 0.4) is 0 Å². The van der Waals surface area contributed by atoms with E-state index in [1.807, 2.05) is 31.2 Å². The van der Waals surface area contributed by atoms with Crippen LogP contribution in [0.25, 0.3) is 0 Å². The van der Waals surface area contributed by atoms with Gasteiger partial charge in [0.1, 0.15) is 5.75 Å². The Morgan fingerprint density at radius 1 is 1.15 bits per heavy atom. The average Bonchev–Trinajstić information content (AvgIpc) is 2.60. The summed E-state index contributed by atoms with van der Waals surface area (Å²) in [5.41, 5.74) is 1.11. The van der Waals surface area contributed by atoms with Crippen LogP contribution in [0.1, 0.15) is 16.7 Å². The van der Waals surface area contributed by atoms with Gasteiger partial charge in [0.2, 0.25) is 0 Å².